The second-order valence-corrected chi connectivity index (χ2v) is 7.34. The van der Waals surface area contributed by atoms with Crippen molar-refractivity contribution in [2.75, 3.05) is 11.9 Å². The van der Waals surface area contributed by atoms with Gasteiger partial charge in [-0.3, -0.25) is 19.7 Å². The Kier molecular flexibility index (Phi) is 6.68. The average molecular weight is 429 g/mol. The number of urea groups is 1. The van der Waals surface area contributed by atoms with Gasteiger partial charge in [-0.15, -0.1) is 0 Å². The van der Waals surface area contributed by atoms with Crippen LogP contribution in [0.2, 0.25) is 5.02 Å². The second kappa shape index (κ2) is 9.41. The number of hydrogen-bond acceptors (Lipinski definition) is 4. The fourth-order valence-electron chi connectivity index (χ4n) is 3.12. The van der Waals surface area contributed by atoms with E-state index in [9.17, 15) is 19.2 Å². The first-order valence-corrected chi connectivity index (χ1v) is 9.69. The molecule has 1 fully saturated rings. The van der Waals surface area contributed by atoms with Crippen molar-refractivity contribution in [2.45, 2.75) is 24.9 Å². The van der Waals surface area contributed by atoms with Crippen LogP contribution in [0.1, 0.15) is 12.0 Å². The molecule has 156 valence electrons. The van der Waals surface area contributed by atoms with Crippen molar-refractivity contribution < 1.29 is 19.2 Å². The van der Waals surface area contributed by atoms with Crippen LogP contribution in [0, 0.1) is 0 Å². The van der Waals surface area contributed by atoms with Crippen molar-refractivity contribution in [3.8, 4) is 0 Å². The Balaban J connectivity index is 1.74. The standard InChI is InChI=1S/C21H21ClN4O4/c1-26(15-9-7-14(22)8-10-15)20(29)17(11-13-5-3-2-4-6-13)23-18(27)12-16-19(28)25-21(30)24-16/h2-10,16-17H,11-12H2,1H3,(H,23,27)(H2,24,25,28,30)/t16?,17-/m0/s1. The predicted molar refractivity (Wildman–Crippen MR) is 112 cm³/mol. The van der Waals surface area contributed by atoms with Gasteiger partial charge in [0.25, 0.3) is 5.91 Å². The molecule has 2 aromatic carbocycles. The smallest absolute Gasteiger partial charge is 0.322 e. The molecular weight excluding hydrogens is 408 g/mol. The molecule has 2 atom stereocenters. The lowest BCUT2D eigenvalue weighted by molar-refractivity contribution is -0.129. The Morgan fingerprint density at radius 3 is 2.37 bits per heavy atom. The predicted octanol–water partition coefficient (Wildman–Crippen LogP) is 1.63. The average Bonchev–Trinajstić information content (AvgIpc) is 3.04. The Bertz CT molecular complexity index is 949. The highest BCUT2D eigenvalue weighted by molar-refractivity contribution is 6.30. The quantitative estimate of drug-likeness (QED) is 0.582. The van der Waals surface area contributed by atoms with Crippen molar-refractivity contribution in [3.63, 3.8) is 0 Å². The number of likely N-dealkylation sites (N-methyl/N-ethyl adjacent to an activating group) is 1. The van der Waals surface area contributed by atoms with E-state index in [1.165, 1.54) is 4.90 Å². The number of carbonyl (C=O) groups is 4. The highest BCUT2D eigenvalue weighted by atomic mass is 35.5. The van der Waals surface area contributed by atoms with E-state index < -0.39 is 29.9 Å². The molecule has 0 radical (unpaired) electrons. The van der Waals surface area contributed by atoms with Gasteiger partial charge in [0, 0.05) is 24.2 Å². The Morgan fingerprint density at radius 2 is 1.77 bits per heavy atom. The number of nitrogens with zero attached hydrogens (tertiary/aromatic N) is 1. The molecule has 2 aromatic rings. The summed E-state index contributed by atoms with van der Waals surface area (Å²) in [4.78, 5) is 50.1. The van der Waals surface area contributed by atoms with Crippen LogP contribution >= 0.6 is 11.6 Å². The van der Waals surface area contributed by atoms with E-state index in [1.807, 2.05) is 30.3 Å². The lowest BCUT2D eigenvalue weighted by atomic mass is 10.0. The zero-order chi connectivity index (χ0) is 21.7. The molecule has 0 aliphatic carbocycles. The number of hydrogen-bond donors (Lipinski definition) is 3. The summed E-state index contributed by atoms with van der Waals surface area (Å²) in [5.41, 5.74) is 1.49. The second-order valence-electron chi connectivity index (χ2n) is 6.90. The minimum absolute atomic E-state index is 0.263. The maximum Gasteiger partial charge on any atom is 0.322 e. The summed E-state index contributed by atoms with van der Waals surface area (Å²) in [6.07, 6.45) is 0.00731. The highest BCUT2D eigenvalue weighted by Crippen LogP contribution is 2.18. The van der Waals surface area contributed by atoms with E-state index in [2.05, 4.69) is 16.0 Å². The van der Waals surface area contributed by atoms with E-state index >= 15 is 0 Å². The molecule has 0 saturated carbocycles. The Morgan fingerprint density at radius 1 is 1.10 bits per heavy atom. The van der Waals surface area contributed by atoms with Gasteiger partial charge >= 0.3 is 6.03 Å². The normalized spacial score (nSPS) is 16.4. The minimum Gasteiger partial charge on any atom is -0.344 e. The summed E-state index contributed by atoms with van der Waals surface area (Å²) >= 11 is 5.91. The lowest BCUT2D eigenvalue weighted by Crippen LogP contribution is -2.50. The molecule has 9 heteroatoms. The summed E-state index contributed by atoms with van der Waals surface area (Å²) in [6, 6.07) is 13.6. The number of anilines is 1. The fourth-order valence-corrected chi connectivity index (χ4v) is 3.24. The molecule has 1 unspecified atom stereocenters. The van der Waals surface area contributed by atoms with Gasteiger partial charge in [-0.1, -0.05) is 41.9 Å². The van der Waals surface area contributed by atoms with Gasteiger partial charge in [0.15, 0.2) is 0 Å². The molecule has 8 nitrogen and oxygen atoms in total. The maximum atomic E-state index is 13.2. The topological polar surface area (TPSA) is 108 Å². The van der Waals surface area contributed by atoms with Crippen molar-refractivity contribution in [1.29, 1.82) is 0 Å². The lowest BCUT2D eigenvalue weighted by Gasteiger charge is -2.25. The van der Waals surface area contributed by atoms with Gasteiger partial charge in [-0.2, -0.15) is 0 Å². The van der Waals surface area contributed by atoms with Gasteiger partial charge in [0.05, 0.1) is 6.42 Å². The zero-order valence-electron chi connectivity index (χ0n) is 16.2. The largest absolute Gasteiger partial charge is 0.344 e. The number of benzene rings is 2. The molecule has 1 aliphatic rings. The molecule has 3 rings (SSSR count). The molecule has 0 bridgehead atoms. The van der Waals surface area contributed by atoms with Crippen LogP contribution in [0.25, 0.3) is 0 Å². The molecule has 0 aromatic heterocycles. The third-order valence-corrected chi connectivity index (χ3v) is 4.96. The van der Waals surface area contributed by atoms with E-state index in [4.69, 9.17) is 11.6 Å². The van der Waals surface area contributed by atoms with Gasteiger partial charge in [-0.25, -0.2) is 4.79 Å². The summed E-state index contributed by atoms with van der Waals surface area (Å²) in [5.74, 6) is -1.41. The van der Waals surface area contributed by atoms with Gasteiger partial charge in [0.1, 0.15) is 12.1 Å². The first kappa shape index (κ1) is 21.3. The van der Waals surface area contributed by atoms with Crippen molar-refractivity contribution in [2.24, 2.45) is 0 Å². The molecule has 0 spiro atoms. The number of halogens is 1. The molecule has 1 saturated heterocycles. The maximum absolute atomic E-state index is 13.2. The minimum atomic E-state index is -0.959. The van der Waals surface area contributed by atoms with E-state index in [0.29, 0.717) is 10.7 Å². The molecule has 1 aliphatic heterocycles. The Hall–Kier alpha value is -3.39. The Labute approximate surface area is 178 Å². The van der Waals surface area contributed by atoms with Crippen LogP contribution in [-0.4, -0.2) is 42.9 Å². The van der Waals surface area contributed by atoms with Crippen LogP contribution in [-0.2, 0) is 20.8 Å². The summed E-state index contributed by atoms with van der Waals surface area (Å²) in [6.45, 7) is 0. The van der Waals surface area contributed by atoms with Crippen LogP contribution in [0.3, 0.4) is 0 Å². The summed E-state index contributed by atoms with van der Waals surface area (Å²) < 4.78 is 0. The summed E-state index contributed by atoms with van der Waals surface area (Å²) in [7, 11) is 1.61. The molecule has 5 amide bonds. The molecular formula is C21H21ClN4O4. The fraction of sp³-hybridized carbons (Fsp3) is 0.238. The number of amides is 5. The van der Waals surface area contributed by atoms with Gasteiger partial charge < -0.3 is 15.5 Å². The highest BCUT2D eigenvalue weighted by Gasteiger charge is 2.33. The molecule has 1 heterocycles. The SMILES string of the molecule is CN(C(=O)[C@H](Cc1ccccc1)NC(=O)CC1NC(=O)NC1=O)c1ccc(Cl)cc1. The van der Waals surface area contributed by atoms with E-state index in [-0.39, 0.29) is 18.7 Å². The first-order valence-electron chi connectivity index (χ1n) is 9.31. The van der Waals surface area contributed by atoms with Gasteiger partial charge in [0.2, 0.25) is 11.8 Å². The van der Waals surface area contributed by atoms with Crippen LogP contribution in [0.4, 0.5) is 10.5 Å². The number of carbonyl (C=O) groups excluding carboxylic acids is 4. The molecule has 30 heavy (non-hydrogen) atoms. The van der Waals surface area contributed by atoms with Crippen molar-refractivity contribution in [1.82, 2.24) is 16.0 Å². The van der Waals surface area contributed by atoms with Gasteiger partial charge in [-0.05, 0) is 29.8 Å². The molecule has 3 N–H and O–H groups in total. The number of nitrogens with one attached hydrogen (secondary N) is 3. The third kappa shape index (κ3) is 5.36. The number of imide groups is 1. The van der Waals surface area contributed by atoms with E-state index in [0.717, 1.165) is 5.56 Å². The van der Waals surface area contributed by atoms with Crippen LogP contribution < -0.4 is 20.9 Å². The third-order valence-electron chi connectivity index (χ3n) is 4.71. The zero-order valence-corrected chi connectivity index (χ0v) is 17.0. The first-order chi connectivity index (χ1) is 14.3. The summed E-state index contributed by atoms with van der Waals surface area (Å²) in [5, 5.41) is 7.70. The number of rotatable bonds is 7. The van der Waals surface area contributed by atoms with Crippen molar-refractivity contribution in [3.05, 3.63) is 65.2 Å². The van der Waals surface area contributed by atoms with Crippen LogP contribution in [0.15, 0.2) is 54.6 Å². The van der Waals surface area contributed by atoms with Crippen LogP contribution in [0.5, 0.6) is 0 Å². The van der Waals surface area contributed by atoms with E-state index in [1.54, 1.807) is 31.3 Å². The monoisotopic (exact) mass is 428 g/mol. The van der Waals surface area contributed by atoms with Crippen molar-refractivity contribution >= 4 is 41.0 Å².